The van der Waals surface area contributed by atoms with Crippen molar-refractivity contribution in [2.75, 3.05) is 12.4 Å². The SMILES string of the molecule is COc1ccc2c(c1)NC(C)(c1ccc([N+](=O)[O-])cc1)C=C2c1ccc([N+](=O)[O-])cc1. The monoisotopic (exact) mass is 417 g/mol. The maximum atomic E-state index is 11.0. The Balaban J connectivity index is 1.86. The van der Waals surface area contributed by atoms with Gasteiger partial charge in [0.05, 0.1) is 22.5 Å². The first kappa shape index (κ1) is 20.1. The van der Waals surface area contributed by atoms with Gasteiger partial charge in [-0.15, -0.1) is 0 Å². The molecule has 1 N–H and O–H groups in total. The molecule has 8 heteroatoms. The molecular weight excluding hydrogens is 398 g/mol. The van der Waals surface area contributed by atoms with Crippen LogP contribution in [0.3, 0.4) is 0 Å². The van der Waals surface area contributed by atoms with Crippen molar-refractivity contribution in [2.24, 2.45) is 0 Å². The molecule has 1 aliphatic rings. The van der Waals surface area contributed by atoms with Crippen molar-refractivity contribution < 1.29 is 14.6 Å². The number of fused-ring (bicyclic) bond motifs is 1. The van der Waals surface area contributed by atoms with Crippen molar-refractivity contribution >= 4 is 22.6 Å². The Labute approximate surface area is 178 Å². The molecule has 1 unspecified atom stereocenters. The van der Waals surface area contributed by atoms with E-state index in [2.05, 4.69) is 5.32 Å². The van der Waals surface area contributed by atoms with Crippen LogP contribution in [0.5, 0.6) is 5.75 Å². The molecule has 0 saturated carbocycles. The topological polar surface area (TPSA) is 108 Å². The van der Waals surface area contributed by atoms with E-state index in [1.165, 1.54) is 24.3 Å². The molecular formula is C23H19N3O5. The highest BCUT2D eigenvalue weighted by Crippen LogP contribution is 2.43. The van der Waals surface area contributed by atoms with Crippen LogP contribution >= 0.6 is 0 Å². The average molecular weight is 417 g/mol. The molecule has 4 rings (SSSR count). The average Bonchev–Trinajstić information content (AvgIpc) is 2.78. The molecule has 0 aromatic heterocycles. The number of non-ortho nitro benzene ring substituents is 2. The second-order valence-corrected chi connectivity index (χ2v) is 7.40. The predicted molar refractivity (Wildman–Crippen MR) is 117 cm³/mol. The molecule has 0 aliphatic carbocycles. The van der Waals surface area contributed by atoms with Crippen molar-refractivity contribution in [3.63, 3.8) is 0 Å². The summed E-state index contributed by atoms with van der Waals surface area (Å²) in [5, 5.41) is 25.6. The van der Waals surface area contributed by atoms with E-state index in [1.807, 2.05) is 31.2 Å². The number of nitrogens with one attached hydrogen (secondary N) is 1. The molecule has 3 aromatic carbocycles. The lowest BCUT2D eigenvalue weighted by Gasteiger charge is -2.36. The van der Waals surface area contributed by atoms with Crippen LogP contribution in [0.15, 0.2) is 72.8 Å². The number of benzene rings is 3. The van der Waals surface area contributed by atoms with Crippen LogP contribution in [0.1, 0.15) is 23.6 Å². The molecule has 0 spiro atoms. The third-order valence-electron chi connectivity index (χ3n) is 5.41. The van der Waals surface area contributed by atoms with Crippen LogP contribution < -0.4 is 10.1 Å². The third-order valence-corrected chi connectivity index (χ3v) is 5.41. The quantitative estimate of drug-likeness (QED) is 0.447. The Kier molecular flexibility index (Phi) is 4.90. The number of nitrogens with zero attached hydrogens (tertiary/aromatic N) is 2. The van der Waals surface area contributed by atoms with Gasteiger partial charge < -0.3 is 10.1 Å². The van der Waals surface area contributed by atoms with E-state index in [9.17, 15) is 20.2 Å². The van der Waals surface area contributed by atoms with Crippen LogP contribution in [-0.4, -0.2) is 17.0 Å². The highest BCUT2D eigenvalue weighted by Gasteiger charge is 2.31. The van der Waals surface area contributed by atoms with Gasteiger partial charge in [0.15, 0.2) is 0 Å². The zero-order valence-corrected chi connectivity index (χ0v) is 16.9. The van der Waals surface area contributed by atoms with Crippen molar-refractivity contribution in [1.82, 2.24) is 0 Å². The Hall–Kier alpha value is -4.20. The van der Waals surface area contributed by atoms with E-state index in [4.69, 9.17) is 4.74 Å². The van der Waals surface area contributed by atoms with Gasteiger partial charge >= 0.3 is 0 Å². The summed E-state index contributed by atoms with van der Waals surface area (Å²) in [6.45, 7) is 1.97. The molecule has 0 amide bonds. The first-order chi connectivity index (χ1) is 14.8. The van der Waals surface area contributed by atoms with E-state index < -0.39 is 15.4 Å². The minimum absolute atomic E-state index is 0.0183. The summed E-state index contributed by atoms with van der Waals surface area (Å²) in [6.07, 6.45) is 2.03. The number of hydrogen-bond acceptors (Lipinski definition) is 6. The molecule has 3 aromatic rings. The lowest BCUT2D eigenvalue weighted by Crippen LogP contribution is -2.33. The van der Waals surface area contributed by atoms with E-state index in [0.717, 1.165) is 28.0 Å². The van der Waals surface area contributed by atoms with E-state index in [0.29, 0.717) is 5.75 Å². The Morgan fingerprint density at radius 2 is 1.45 bits per heavy atom. The summed E-state index contributed by atoms with van der Waals surface area (Å²) >= 11 is 0. The normalized spacial score (nSPS) is 17.2. The first-order valence-corrected chi connectivity index (χ1v) is 9.50. The second kappa shape index (κ2) is 7.56. The maximum absolute atomic E-state index is 11.0. The Morgan fingerprint density at radius 3 is 2.00 bits per heavy atom. The number of nitro groups is 2. The van der Waals surface area contributed by atoms with Gasteiger partial charge in [-0.1, -0.05) is 0 Å². The van der Waals surface area contributed by atoms with E-state index in [1.54, 1.807) is 31.4 Å². The molecule has 8 nitrogen and oxygen atoms in total. The van der Waals surface area contributed by atoms with Crippen molar-refractivity contribution in [2.45, 2.75) is 12.5 Å². The number of anilines is 1. The molecule has 0 radical (unpaired) electrons. The lowest BCUT2D eigenvalue weighted by atomic mass is 9.81. The summed E-state index contributed by atoms with van der Waals surface area (Å²) in [6, 6.07) is 18.5. The van der Waals surface area contributed by atoms with Crippen LogP contribution in [-0.2, 0) is 5.54 Å². The number of hydrogen-bond donors (Lipinski definition) is 1. The minimum Gasteiger partial charge on any atom is -0.497 e. The molecule has 1 heterocycles. The number of methoxy groups -OCH3 is 1. The molecule has 31 heavy (non-hydrogen) atoms. The molecule has 0 fully saturated rings. The van der Waals surface area contributed by atoms with Crippen molar-refractivity contribution in [1.29, 1.82) is 0 Å². The largest absolute Gasteiger partial charge is 0.497 e. The van der Waals surface area contributed by atoms with Gasteiger partial charge in [-0.3, -0.25) is 20.2 Å². The number of rotatable bonds is 5. The smallest absolute Gasteiger partial charge is 0.269 e. The highest BCUT2D eigenvalue weighted by atomic mass is 16.6. The summed E-state index contributed by atoms with van der Waals surface area (Å²) in [5.74, 6) is 0.683. The Morgan fingerprint density at radius 1 is 0.871 bits per heavy atom. The van der Waals surface area contributed by atoms with Gasteiger partial charge in [0.2, 0.25) is 0 Å². The molecule has 1 atom stereocenters. The lowest BCUT2D eigenvalue weighted by molar-refractivity contribution is -0.385. The van der Waals surface area contributed by atoms with Gasteiger partial charge in [-0.25, -0.2) is 0 Å². The van der Waals surface area contributed by atoms with E-state index in [-0.39, 0.29) is 11.4 Å². The fraction of sp³-hybridized carbons (Fsp3) is 0.130. The van der Waals surface area contributed by atoms with Crippen LogP contribution in [0.25, 0.3) is 5.57 Å². The molecule has 156 valence electrons. The van der Waals surface area contributed by atoms with Gasteiger partial charge in [0.25, 0.3) is 11.4 Å². The van der Waals surface area contributed by atoms with Crippen molar-refractivity contribution in [3.8, 4) is 5.75 Å². The molecule has 1 aliphatic heterocycles. The fourth-order valence-electron chi connectivity index (χ4n) is 3.76. The standard InChI is InChI=1S/C23H19N3O5/c1-23(16-5-9-18(10-6-16)26(29)30)14-21(15-3-7-17(8-4-15)25(27)28)20-12-11-19(31-2)13-22(20)24-23/h3-14,24H,1-2H3. The third kappa shape index (κ3) is 3.71. The van der Waals surface area contributed by atoms with Crippen molar-refractivity contribution in [3.05, 3.63) is 110 Å². The Bertz CT molecular complexity index is 1200. The van der Waals surface area contributed by atoms with Crippen LogP contribution in [0.4, 0.5) is 17.1 Å². The fourth-order valence-corrected chi connectivity index (χ4v) is 3.76. The first-order valence-electron chi connectivity index (χ1n) is 9.50. The summed E-state index contributed by atoms with van der Waals surface area (Å²) < 4.78 is 5.37. The maximum Gasteiger partial charge on any atom is 0.269 e. The predicted octanol–water partition coefficient (Wildman–Crippen LogP) is 5.28. The van der Waals surface area contributed by atoms with Gasteiger partial charge in [-0.05, 0) is 66.1 Å². The van der Waals surface area contributed by atoms with Gasteiger partial charge in [0.1, 0.15) is 5.75 Å². The van der Waals surface area contributed by atoms with E-state index >= 15 is 0 Å². The summed E-state index contributed by atoms with van der Waals surface area (Å²) in [4.78, 5) is 21.2. The van der Waals surface area contributed by atoms with Gasteiger partial charge in [0, 0.05) is 41.6 Å². The van der Waals surface area contributed by atoms with Crippen LogP contribution in [0, 0.1) is 20.2 Å². The molecule has 0 saturated heterocycles. The van der Waals surface area contributed by atoms with Gasteiger partial charge in [-0.2, -0.15) is 0 Å². The summed E-state index contributed by atoms with van der Waals surface area (Å²) in [7, 11) is 1.59. The number of ether oxygens (including phenoxy) is 1. The second-order valence-electron chi connectivity index (χ2n) is 7.40. The number of nitro benzene ring substituents is 2. The summed E-state index contributed by atoms with van der Waals surface area (Å²) in [5.41, 5.74) is 3.68. The molecule has 0 bridgehead atoms. The zero-order chi connectivity index (χ0) is 22.2. The van der Waals surface area contributed by atoms with Crippen LogP contribution in [0.2, 0.25) is 0 Å². The highest BCUT2D eigenvalue weighted by molar-refractivity contribution is 5.90. The minimum atomic E-state index is -0.675. The zero-order valence-electron chi connectivity index (χ0n) is 16.9.